The molecule has 104 valence electrons. The molecule has 0 aliphatic heterocycles. The molecule has 3 N–H and O–H groups in total. The van der Waals surface area contributed by atoms with Gasteiger partial charge in [0.25, 0.3) is 6.43 Å². The van der Waals surface area contributed by atoms with Crippen molar-refractivity contribution >= 4 is 11.6 Å². The molecule has 5 heteroatoms. The number of rotatable bonds is 5. The largest absolute Gasteiger partial charge is 0.370 e. The third-order valence-corrected chi connectivity index (χ3v) is 2.87. The molecule has 0 fully saturated rings. The van der Waals surface area contributed by atoms with E-state index in [9.17, 15) is 13.6 Å². The molecule has 0 aliphatic rings. The molecule has 0 radical (unpaired) electrons. The van der Waals surface area contributed by atoms with Crippen LogP contribution in [0.1, 0.15) is 23.6 Å². The van der Waals surface area contributed by atoms with Crippen LogP contribution >= 0.6 is 0 Å². The van der Waals surface area contributed by atoms with Crippen molar-refractivity contribution in [2.75, 3.05) is 5.32 Å². The molecule has 0 saturated heterocycles. The molecule has 2 aromatic carbocycles. The van der Waals surface area contributed by atoms with Crippen molar-refractivity contribution in [3.05, 3.63) is 65.7 Å². The van der Waals surface area contributed by atoms with Crippen molar-refractivity contribution in [3.63, 3.8) is 0 Å². The average Bonchev–Trinajstić information content (AvgIpc) is 2.45. The molecular weight excluding hydrogens is 262 g/mol. The number of para-hydroxylation sites is 1. The third kappa shape index (κ3) is 3.32. The van der Waals surface area contributed by atoms with Gasteiger partial charge in [0.2, 0.25) is 5.91 Å². The summed E-state index contributed by atoms with van der Waals surface area (Å²) in [6.45, 7) is 0. The van der Waals surface area contributed by atoms with Crippen LogP contribution in [0.4, 0.5) is 14.5 Å². The van der Waals surface area contributed by atoms with E-state index < -0.39 is 18.4 Å². The maximum Gasteiger partial charge on any atom is 0.263 e. The summed E-state index contributed by atoms with van der Waals surface area (Å²) < 4.78 is 25.4. The fourth-order valence-corrected chi connectivity index (χ4v) is 1.89. The van der Waals surface area contributed by atoms with Gasteiger partial charge in [-0.3, -0.25) is 4.79 Å². The normalized spacial score (nSPS) is 12.2. The number of nitrogens with two attached hydrogens (primary N) is 1. The molecule has 2 rings (SSSR count). The summed E-state index contributed by atoms with van der Waals surface area (Å²) in [6, 6.07) is 13.8. The van der Waals surface area contributed by atoms with Gasteiger partial charge in [-0.2, -0.15) is 0 Å². The van der Waals surface area contributed by atoms with E-state index in [0.717, 1.165) is 0 Å². The van der Waals surface area contributed by atoms with Crippen LogP contribution in [0.25, 0.3) is 0 Å². The van der Waals surface area contributed by atoms with Gasteiger partial charge in [-0.15, -0.1) is 0 Å². The Bertz CT molecular complexity index is 587. The third-order valence-electron chi connectivity index (χ3n) is 2.87. The van der Waals surface area contributed by atoms with Crippen molar-refractivity contribution in [1.29, 1.82) is 0 Å². The number of carbonyl (C=O) groups excluding carboxylic acids is 1. The van der Waals surface area contributed by atoms with Gasteiger partial charge in [0.1, 0.15) is 6.04 Å². The second-order valence-corrected chi connectivity index (χ2v) is 4.32. The summed E-state index contributed by atoms with van der Waals surface area (Å²) in [5.74, 6) is -0.625. The van der Waals surface area contributed by atoms with Gasteiger partial charge >= 0.3 is 0 Å². The van der Waals surface area contributed by atoms with E-state index in [1.807, 2.05) is 6.07 Å². The van der Waals surface area contributed by atoms with Gasteiger partial charge in [-0.05, 0) is 23.8 Å². The zero-order chi connectivity index (χ0) is 14.5. The molecule has 0 aliphatic carbocycles. The molecule has 3 nitrogen and oxygen atoms in total. The monoisotopic (exact) mass is 276 g/mol. The lowest BCUT2D eigenvalue weighted by Gasteiger charge is -2.18. The molecule has 0 saturated carbocycles. The number of halogens is 2. The van der Waals surface area contributed by atoms with Gasteiger partial charge in [-0.25, -0.2) is 8.78 Å². The van der Waals surface area contributed by atoms with Crippen LogP contribution < -0.4 is 11.1 Å². The number of benzene rings is 2. The maximum absolute atomic E-state index is 12.7. The summed E-state index contributed by atoms with van der Waals surface area (Å²) in [5, 5.41) is 2.94. The van der Waals surface area contributed by atoms with Crippen LogP contribution in [0.5, 0.6) is 0 Å². The lowest BCUT2D eigenvalue weighted by Crippen LogP contribution is -2.27. The Morgan fingerprint density at radius 2 is 1.65 bits per heavy atom. The van der Waals surface area contributed by atoms with E-state index in [-0.39, 0.29) is 5.56 Å². The standard InChI is InChI=1S/C15H14F2N2O/c16-14(17)11-6-4-5-10(9-11)13(15(18)20)19-12-7-2-1-3-8-12/h1-9,13-14,19H,(H2,18,20). The number of hydrogen-bond acceptors (Lipinski definition) is 2. The van der Waals surface area contributed by atoms with Gasteiger partial charge in [0.15, 0.2) is 0 Å². The van der Waals surface area contributed by atoms with E-state index in [0.29, 0.717) is 11.3 Å². The fourth-order valence-electron chi connectivity index (χ4n) is 1.89. The number of hydrogen-bond donors (Lipinski definition) is 2. The molecule has 2 aromatic rings. The highest BCUT2D eigenvalue weighted by atomic mass is 19.3. The summed E-state index contributed by atoms with van der Waals surface area (Å²) in [4.78, 5) is 11.6. The van der Waals surface area contributed by atoms with Gasteiger partial charge < -0.3 is 11.1 Å². The molecule has 0 bridgehead atoms. The number of amides is 1. The van der Waals surface area contributed by atoms with Crippen LogP contribution in [0.2, 0.25) is 0 Å². The van der Waals surface area contributed by atoms with E-state index in [1.54, 1.807) is 30.3 Å². The lowest BCUT2D eigenvalue weighted by atomic mass is 10.0. The summed E-state index contributed by atoms with van der Waals surface area (Å²) >= 11 is 0. The van der Waals surface area contributed by atoms with E-state index in [1.165, 1.54) is 18.2 Å². The van der Waals surface area contributed by atoms with Crippen LogP contribution in [-0.4, -0.2) is 5.91 Å². The predicted octanol–water partition coefficient (Wildman–Crippen LogP) is 3.26. The van der Waals surface area contributed by atoms with E-state index >= 15 is 0 Å². The van der Waals surface area contributed by atoms with Gasteiger partial charge in [0.05, 0.1) is 0 Å². The first-order valence-electron chi connectivity index (χ1n) is 6.07. The van der Waals surface area contributed by atoms with Gasteiger partial charge in [0, 0.05) is 11.3 Å². The van der Waals surface area contributed by atoms with Crippen molar-refractivity contribution < 1.29 is 13.6 Å². The van der Waals surface area contributed by atoms with Crippen LogP contribution in [0.3, 0.4) is 0 Å². The number of alkyl halides is 2. The minimum Gasteiger partial charge on any atom is -0.370 e. The quantitative estimate of drug-likeness (QED) is 0.880. The number of primary amides is 1. The maximum atomic E-state index is 12.7. The number of nitrogens with one attached hydrogen (secondary N) is 1. The molecule has 1 unspecified atom stereocenters. The highest BCUT2D eigenvalue weighted by Crippen LogP contribution is 2.24. The van der Waals surface area contributed by atoms with Crippen molar-refractivity contribution in [2.45, 2.75) is 12.5 Å². The highest BCUT2D eigenvalue weighted by Gasteiger charge is 2.19. The SMILES string of the molecule is NC(=O)C(Nc1ccccc1)c1cccc(C(F)F)c1. The Morgan fingerprint density at radius 3 is 2.25 bits per heavy atom. The first-order valence-corrected chi connectivity index (χ1v) is 6.07. The second-order valence-electron chi connectivity index (χ2n) is 4.32. The average molecular weight is 276 g/mol. The zero-order valence-electron chi connectivity index (χ0n) is 10.6. The van der Waals surface area contributed by atoms with E-state index in [4.69, 9.17) is 5.73 Å². The van der Waals surface area contributed by atoms with Crippen LogP contribution in [-0.2, 0) is 4.79 Å². The van der Waals surface area contributed by atoms with Crippen molar-refractivity contribution in [3.8, 4) is 0 Å². The van der Waals surface area contributed by atoms with Crippen LogP contribution in [0, 0.1) is 0 Å². The first kappa shape index (κ1) is 14.0. The Labute approximate surface area is 115 Å². The molecule has 0 heterocycles. The van der Waals surface area contributed by atoms with Gasteiger partial charge in [-0.1, -0.05) is 36.4 Å². The molecule has 0 spiro atoms. The summed E-state index contributed by atoms with van der Waals surface area (Å²) in [7, 11) is 0. The minimum atomic E-state index is -2.58. The molecule has 0 aromatic heterocycles. The molecule has 1 amide bonds. The summed E-state index contributed by atoms with van der Waals surface area (Å²) in [6.07, 6.45) is -2.58. The minimum absolute atomic E-state index is 0.136. The number of anilines is 1. The van der Waals surface area contributed by atoms with Crippen molar-refractivity contribution in [1.82, 2.24) is 0 Å². The summed E-state index contributed by atoms with van der Waals surface area (Å²) in [5.41, 5.74) is 6.33. The molecular formula is C15H14F2N2O. The molecule has 1 atom stereocenters. The number of carbonyl (C=O) groups is 1. The fraction of sp³-hybridized carbons (Fsp3) is 0.133. The second kappa shape index (κ2) is 6.14. The van der Waals surface area contributed by atoms with Crippen molar-refractivity contribution in [2.24, 2.45) is 5.73 Å². The Morgan fingerprint density at radius 1 is 1.00 bits per heavy atom. The van der Waals surface area contributed by atoms with Crippen LogP contribution in [0.15, 0.2) is 54.6 Å². The zero-order valence-corrected chi connectivity index (χ0v) is 10.6. The smallest absolute Gasteiger partial charge is 0.263 e. The Balaban J connectivity index is 2.29. The molecule has 20 heavy (non-hydrogen) atoms. The highest BCUT2D eigenvalue weighted by molar-refractivity contribution is 5.84. The van der Waals surface area contributed by atoms with E-state index in [2.05, 4.69) is 5.32 Å². The first-order chi connectivity index (χ1) is 9.58. The lowest BCUT2D eigenvalue weighted by molar-refractivity contribution is -0.118. The predicted molar refractivity (Wildman–Crippen MR) is 73.4 cm³/mol. The Hall–Kier alpha value is -2.43. The Kier molecular flexibility index (Phi) is 4.30. The topological polar surface area (TPSA) is 55.1 Å².